The third kappa shape index (κ3) is 4.42. The van der Waals surface area contributed by atoms with Crippen molar-refractivity contribution in [1.82, 2.24) is 24.5 Å². The maximum absolute atomic E-state index is 13.7. The first-order valence-corrected chi connectivity index (χ1v) is 12.4. The quantitative estimate of drug-likeness (QED) is 0.442. The van der Waals surface area contributed by atoms with E-state index < -0.39 is 0 Å². The zero-order valence-corrected chi connectivity index (χ0v) is 21.6. The van der Waals surface area contributed by atoms with Gasteiger partial charge in [0.2, 0.25) is 5.91 Å². The monoisotopic (exact) mass is 477 g/mol. The van der Waals surface area contributed by atoms with Crippen LogP contribution in [0.5, 0.6) is 0 Å². The van der Waals surface area contributed by atoms with E-state index in [2.05, 4.69) is 42.3 Å². The zero-order valence-electron chi connectivity index (χ0n) is 20.8. The van der Waals surface area contributed by atoms with Gasteiger partial charge in [-0.2, -0.15) is 5.10 Å². The Labute approximate surface area is 203 Å². The molecule has 178 valence electrons. The molecule has 0 spiro atoms. The van der Waals surface area contributed by atoms with Crippen LogP contribution in [0.2, 0.25) is 0 Å². The number of amides is 1. The molecule has 7 nitrogen and oxygen atoms in total. The van der Waals surface area contributed by atoms with Crippen LogP contribution >= 0.6 is 11.3 Å². The van der Waals surface area contributed by atoms with Crippen molar-refractivity contribution in [3.05, 3.63) is 68.2 Å². The Hall–Kier alpha value is -3.26. The second kappa shape index (κ2) is 9.18. The fraction of sp³-hybridized carbons (Fsp3) is 0.385. The second-order valence-corrected chi connectivity index (χ2v) is 10.2. The van der Waals surface area contributed by atoms with E-state index in [9.17, 15) is 9.59 Å². The summed E-state index contributed by atoms with van der Waals surface area (Å²) < 4.78 is 3.43. The molecular weight excluding hydrogens is 446 g/mol. The smallest absolute Gasteiger partial charge is 0.268 e. The Bertz CT molecular complexity index is 1440. The molecule has 0 aliphatic rings. The van der Waals surface area contributed by atoms with Crippen LogP contribution in [0.1, 0.15) is 49.0 Å². The molecule has 0 saturated heterocycles. The number of thiazole rings is 1. The normalized spacial score (nSPS) is 12.5. The number of carbonyl (C=O) groups excluding carboxylic acids is 1. The molecule has 1 aromatic carbocycles. The summed E-state index contributed by atoms with van der Waals surface area (Å²) in [7, 11) is 0. The van der Waals surface area contributed by atoms with Gasteiger partial charge in [-0.1, -0.05) is 26.0 Å². The van der Waals surface area contributed by atoms with Crippen LogP contribution in [0.25, 0.3) is 21.9 Å². The van der Waals surface area contributed by atoms with Crippen LogP contribution < -0.4 is 10.9 Å². The Morgan fingerprint density at radius 1 is 1.12 bits per heavy atom. The molecule has 0 radical (unpaired) electrons. The van der Waals surface area contributed by atoms with Gasteiger partial charge < -0.3 is 5.32 Å². The van der Waals surface area contributed by atoms with Crippen molar-refractivity contribution < 1.29 is 4.79 Å². The third-order valence-corrected chi connectivity index (χ3v) is 7.16. The summed E-state index contributed by atoms with van der Waals surface area (Å²) in [4.78, 5) is 31.5. The Morgan fingerprint density at radius 3 is 2.56 bits per heavy atom. The average molecular weight is 478 g/mol. The molecule has 0 aliphatic heterocycles. The first-order chi connectivity index (χ1) is 16.1. The Morgan fingerprint density at radius 2 is 1.85 bits per heavy atom. The molecule has 8 heteroatoms. The van der Waals surface area contributed by atoms with Crippen molar-refractivity contribution >= 4 is 22.2 Å². The summed E-state index contributed by atoms with van der Waals surface area (Å²) in [6, 6.07) is 8.21. The highest BCUT2D eigenvalue weighted by atomic mass is 32.1. The zero-order chi connectivity index (χ0) is 24.7. The van der Waals surface area contributed by atoms with Crippen LogP contribution in [0.15, 0.2) is 34.4 Å². The van der Waals surface area contributed by atoms with Crippen LogP contribution in [-0.4, -0.2) is 31.1 Å². The molecule has 1 amide bonds. The van der Waals surface area contributed by atoms with Crippen molar-refractivity contribution in [3.8, 4) is 16.9 Å². The number of hydrogen-bond donors (Lipinski definition) is 1. The van der Waals surface area contributed by atoms with Gasteiger partial charge in [-0.25, -0.2) is 9.67 Å². The van der Waals surface area contributed by atoms with E-state index in [0.717, 1.165) is 22.5 Å². The maximum Gasteiger partial charge on any atom is 0.268 e. The summed E-state index contributed by atoms with van der Waals surface area (Å²) in [6.45, 7) is 14.0. The fourth-order valence-corrected chi connectivity index (χ4v) is 4.87. The summed E-state index contributed by atoms with van der Waals surface area (Å²) in [6.07, 6.45) is 0.122. The lowest BCUT2D eigenvalue weighted by Gasteiger charge is -2.17. The van der Waals surface area contributed by atoms with E-state index in [0.29, 0.717) is 33.5 Å². The number of nitrogens with one attached hydrogen (secondary N) is 1. The Balaban J connectivity index is 1.78. The molecule has 3 aromatic heterocycles. The lowest BCUT2D eigenvalue weighted by atomic mass is 10.1. The van der Waals surface area contributed by atoms with Crippen LogP contribution in [0.4, 0.5) is 0 Å². The molecule has 4 aromatic rings. The van der Waals surface area contributed by atoms with Gasteiger partial charge >= 0.3 is 0 Å². The number of aryl methyl sites for hydroxylation is 4. The lowest BCUT2D eigenvalue weighted by Crippen LogP contribution is -2.37. The van der Waals surface area contributed by atoms with Crippen molar-refractivity contribution in [2.24, 2.45) is 5.92 Å². The average Bonchev–Trinajstić information content (AvgIpc) is 3.33. The largest absolute Gasteiger partial charge is 0.353 e. The molecule has 34 heavy (non-hydrogen) atoms. The highest BCUT2D eigenvalue weighted by Crippen LogP contribution is 2.25. The van der Waals surface area contributed by atoms with Gasteiger partial charge in [-0.3, -0.25) is 14.0 Å². The summed E-state index contributed by atoms with van der Waals surface area (Å²) in [5.41, 5.74) is 6.27. The molecule has 0 saturated carbocycles. The Kier molecular flexibility index (Phi) is 6.45. The van der Waals surface area contributed by atoms with E-state index in [4.69, 9.17) is 5.10 Å². The van der Waals surface area contributed by atoms with E-state index in [1.54, 1.807) is 4.40 Å². The van der Waals surface area contributed by atoms with Gasteiger partial charge in [0.15, 0.2) is 4.96 Å². The van der Waals surface area contributed by atoms with Gasteiger partial charge in [0.1, 0.15) is 5.69 Å². The lowest BCUT2D eigenvalue weighted by molar-refractivity contribution is -0.121. The maximum atomic E-state index is 13.7. The van der Waals surface area contributed by atoms with Crippen molar-refractivity contribution in [1.29, 1.82) is 0 Å². The number of rotatable bonds is 6. The molecule has 4 rings (SSSR count). The standard InChI is InChI=1S/C26H31N5O2S/c1-14(2)18(6)27-23(32)12-20-13-34-26-28-19(7)24(25(33)30(20)26)21-11-17(5)31(29-21)22-10-15(3)8-9-16(22)4/h8-11,13-14,18H,12H2,1-7H3,(H,27,32). The third-order valence-electron chi connectivity index (χ3n) is 6.29. The number of hydrogen-bond acceptors (Lipinski definition) is 5. The predicted octanol–water partition coefficient (Wildman–Crippen LogP) is 4.55. The molecule has 1 N–H and O–H groups in total. The van der Waals surface area contributed by atoms with Gasteiger partial charge in [0.25, 0.3) is 5.56 Å². The fourth-order valence-electron chi connectivity index (χ4n) is 3.95. The topological polar surface area (TPSA) is 81.3 Å². The first-order valence-electron chi connectivity index (χ1n) is 11.5. The summed E-state index contributed by atoms with van der Waals surface area (Å²) in [5.74, 6) is 0.224. The minimum atomic E-state index is -0.200. The predicted molar refractivity (Wildman–Crippen MR) is 137 cm³/mol. The van der Waals surface area contributed by atoms with E-state index in [-0.39, 0.29) is 23.9 Å². The number of benzene rings is 1. The van der Waals surface area contributed by atoms with Crippen LogP contribution in [0, 0.1) is 33.6 Å². The number of nitrogens with zero attached hydrogens (tertiary/aromatic N) is 4. The summed E-state index contributed by atoms with van der Waals surface area (Å²) in [5, 5.41) is 9.65. The van der Waals surface area contributed by atoms with Crippen LogP contribution in [0.3, 0.4) is 0 Å². The molecule has 0 aliphatic carbocycles. The van der Waals surface area contributed by atoms with Gasteiger partial charge in [0.05, 0.1) is 23.4 Å². The second-order valence-electron chi connectivity index (χ2n) is 9.37. The number of aromatic nitrogens is 4. The van der Waals surface area contributed by atoms with Gasteiger partial charge in [0, 0.05) is 22.8 Å². The molecule has 1 atom stereocenters. The summed E-state index contributed by atoms with van der Waals surface area (Å²) >= 11 is 1.37. The van der Waals surface area contributed by atoms with Crippen molar-refractivity contribution in [2.45, 2.75) is 60.9 Å². The molecule has 1 unspecified atom stereocenters. The van der Waals surface area contributed by atoms with Gasteiger partial charge in [-0.15, -0.1) is 11.3 Å². The van der Waals surface area contributed by atoms with Gasteiger partial charge in [-0.05, 0) is 63.8 Å². The number of fused-ring (bicyclic) bond motifs is 1. The van der Waals surface area contributed by atoms with Crippen LogP contribution in [-0.2, 0) is 11.2 Å². The number of carbonyl (C=O) groups is 1. The van der Waals surface area contributed by atoms with E-state index >= 15 is 0 Å². The van der Waals surface area contributed by atoms with Crippen molar-refractivity contribution in [2.75, 3.05) is 0 Å². The minimum absolute atomic E-state index is 0.0575. The first kappa shape index (κ1) is 23.9. The molecular formula is C26H31N5O2S. The van der Waals surface area contributed by atoms with E-state index in [1.165, 1.54) is 11.3 Å². The van der Waals surface area contributed by atoms with Crippen molar-refractivity contribution in [3.63, 3.8) is 0 Å². The highest BCUT2D eigenvalue weighted by Gasteiger charge is 2.21. The molecule has 0 bridgehead atoms. The minimum Gasteiger partial charge on any atom is -0.353 e. The molecule has 0 fully saturated rings. The highest BCUT2D eigenvalue weighted by molar-refractivity contribution is 7.15. The SMILES string of the molecule is Cc1ccc(C)c(-n2nc(-c3c(C)nc4scc(CC(=O)NC(C)C(C)C)n4c3=O)cc2C)c1. The molecule has 3 heterocycles. The van der Waals surface area contributed by atoms with E-state index in [1.807, 2.05) is 50.7 Å².